The van der Waals surface area contributed by atoms with Crippen LogP contribution in [0.1, 0.15) is 24.7 Å². The number of aryl methyl sites for hydroxylation is 1. The number of hydrogen-bond acceptors (Lipinski definition) is 3. The van der Waals surface area contributed by atoms with E-state index in [2.05, 4.69) is 0 Å². The van der Waals surface area contributed by atoms with E-state index < -0.39 is 0 Å². The van der Waals surface area contributed by atoms with E-state index in [4.69, 9.17) is 9.52 Å². The van der Waals surface area contributed by atoms with Crippen LogP contribution >= 0.6 is 0 Å². The molecule has 1 heterocycles. The summed E-state index contributed by atoms with van der Waals surface area (Å²) in [6, 6.07) is 3.45. The minimum atomic E-state index is -0.372. The zero-order chi connectivity index (χ0) is 10.6. The zero-order valence-corrected chi connectivity index (χ0v) is 8.36. The fourth-order valence-electron chi connectivity index (χ4n) is 0.967. The van der Waals surface area contributed by atoms with Crippen LogP contribution in [0.2, 0.25) is 0 Å². The summed E-state index contributed by atoms with van der Waals surface area (Å²) in [6.07, 6.45) is 3.65. The van der Waals surface area contributed by atoms with Gasteiger partial charge in [0.15, 0.2) is 0 Å². The molecule has 0 spiro atoms. The van der Waals surface area contributed by atoms with Crippen molar-refractivity contribution >= 4 is 6.08 Å². The average molecular weight is 194 g/mol. The summed E-state index contributed by atoms with van der Waals surface area (Å²) in [5.74, 6) is 0.515. The quantitative estimate of drug-likeness (QED) is 0.797. The molecule has 0 fully saturated rings. The Morgan fingerprint density at radius 1 is 1.57 bits per heavy atom. The molecule has 3 nitrogen and oxygen atoms in total. The molecular weight excluding hydrogens is 180 g/mol. The standard InChI is InChI=1S/C11H14O3/c1-8-6-7-10(14-11(8)13)5-3-4-9(2)12/h3,5-7,9,12H,4H2,1-2H3/b5-3+/t9-/m0/s1. The van der Waals surface area contributed by atoms with Gasteiger partial charge in [0.25, 0.3) is 0 Å². The van der Waals surface area contributed by atoms with Gasteiger partial charge in [0, 0.05) is 5.56 Å². The number of hydrogen-bond donors (Lipinski definition) is 1. The second kappa shape index (κ2) is 4.77. The van der Waals surface area contributed by atoms with Gasteiger partial charge >= 0.3 is 5.63 Å². The van der Waals surface area contributed by atoms with Crippen LogP contribution in [0.3, 0.4) is 0 Å². The monoisotopic (exact) mass is 194 g/mol. The molecule has 3 heteroatoms. The van der Waals surface area contributed by atoms with Crippen LogP contribution in [-0.2, 0) is 0 Å². The predicted octanol–water partition coefficient (Wildman–Crippen LogP) is 1.73. The summed E-state index contributed by atoms with van der Waals surface area (Å²) in [6.45, 7) is 3.41. The molecule has 0 radical (unpaired) electrons. The van der Waals surface area contributed by atoms with E-state index in [0.717, 1.165) is 0 Å². The van der Waals surface area contributed by atoms with E-state index in [1.807, 2.05) is 0 Å². The molecule has 0 saturated carbocycles. The number of rotatable bonds is 3. The normalized spacial score (nSPS) is 13.4. The third kappa shape index (κ3) is 3.18. The van der Waals surface area contributed by atoms with Crippen molar-refractivity contribution in [3.63, 3.8) is 0 Å². The molecule has 1 rings (SSSR count). The fourth-order valence-corrected chi connectivity index (χ4v) is 0.967. The maximum Gasteiger partial charge on any atom is 0.339 e. The fraction of sp³-hybridized carbons (Fsp3) is 0.364. The maximum absolute atomic E-state index is 11.1. The first-order valence-electron chi connectivity index (χ1n) is 4.55. The largest absolute Gasteiger partial charge is 0.423 e. The van der Waals surface area contributed by atoms with Crippen molar-refractivity contribution in [2.75, 3.05) is 0 Å². The van der Waals surface area contributed by atoms with Crippen molar-refractivity contribution in [1.29, 1.82) is 0 Å². The lowest BCUT2D eigenvalue weighted by Gasteiger charge is -1.96. The van der Waals surface area contributed by atoms with Gasteiger partial charge < -0.3 is 9.52 Å². The van der Waals surface area contributed by atoms with Gasteiger partial charge in [-0.3, -0.25) is 0 Å². The van der Waals surface area contributed by atoms with Gasteiger partial charge in [-0.1, -0.05) is 6.08 Å². The molecule has 0 aliphatic carbocycles. The molecule has 76 valence electrons. The van der Waals surface area contributed by atoms with Crippen molar-refractivity contribution < 1.29 is 9.52 Å². The SMILES string of the molecule is Cc1ccc(/C=C/C[C@H](C)O)oc1=O. The Balaban J connectivity index is 2.73. The first-order valence-corrected chi connectivity index (χ1v) is 4.55. The van der Waals surface area contributed by atoms with Crippen molar-refractivity contribution in [1.82, 2.24) is 0 Å². The highest BCUT2D eigenvalue weighted by molar-refractivity contribution is 5.42. The van der Waals surface area contributed by atoms with E-state index in [1.54, 1.807) is 38.1 Å². The summed E-state index contributed by atoms with van der Waals surface area (Å²) < 4.78 is 4.97. The van der Waals surface area contributed by atoms with Crippen LogP contribution in [0.25, 0.3) is 6.08 Å². The molecule has 1 aromatic heterocycles. The highest BCUT2D eigenvalue weighted by Gasteiger charge is 1.96. The third-order valence-corrected chi connectivity index (χ3v) is 1.79. The molecule has 0 unspecified atom stereocenters. The zero-order valence-electron chi connectivity index (χ0n) is 8.36. The molecule has 0 bridgehead atoms. The second-order valence-corrected chi connectivity index (χ2v) is 3.30. The summed E-state index contributed by atoms with van der Waals surface area (Å²) in [5.41, 5.74) is 0.280. The topological polar surface area (TPSA) is 50.4 Å². The van der Waals surface area contributed by atoms with Crippen LogP contribution in [0.15, 0.2) is 27.4 Å². The molecular formula is C11H14O3. The van der Waals surface area contributed by atoms with E-state index in [9.17, 15) is 4.79 Å². The molecule has 0 aliphatic heterocycles. The Bertz CT molecular complexity index is 374. The highest BCUT2D eigenvalue weighted by atomic mass is 16.4. The average Bonchev–Trinajstić information content (AvgIpc) is 2.10. The van der Waals surface area contributed by atoms with E-state index in [-0.39, 0.29) is 11.7 Å². The molecule has 0 saturated heterocycles. The Morgan fingerprint density at radius 2 is 2.29 bits per heavy atom. The van der Waals surface area contributed by atoms with Gasteiger partial charge in [-0.25, -0.2) is 4.79 Å². The van der Waals surface area contributed by atoms with Crippen LogP contribution in [-0.4, -0.2) is 11.2 Å². The lowest BCUT2D eigenvalue weighted by atomic mass is 10.2. The highest BCUT2D eigenvalue weighted by Crippen LogP contribution is 2.02. The molecule has 14 heavy (non-hydrogen) atoms. The van der Waals surface area contributed by atoms with Crippen LogP contribution in [0.4, 0.5) is 0 Å². The summed E-state index contributed by atoms with van der Waals surface area (Å²) >= 11 is 0. The van der Waals surface area contributed by atoms with Gasteiger partial charge in [-0.15, -0.1) is 0 Å². The summed E-state index contributed by atoms with van der Waals surface area (Å²) in [5, 5.41) is 8.99. The Kier molecular flexibility index (Phi) is 3.65. The van der Waals surface area contributed by atoms with E-state index in [0.29, 0.717) is 17.7 Å². The minimum absolute atomic E-state index is 0.316. The van der Waals surface area contributed by atoms with Gasteiger partial charge in [-0.05, 0) is 38.5 Å². The van der Waals surface area contributed by atoms with Gasteiger partial charge in [0.05, 0.1) is 6.10 Å². The minimum Gasteiger partial charge on any atom is -0.423 e. The summed E-state index contributed by atoms with van der Waals surface area (Å²) in [7, 11) is 0. The molecule has 0 amide bonds. The third-order valence-electron chi connectivity index (χ3n) is 1.79. The van der Waals surface area contributed by atoms with Gasteiger partial charge in [0.2, 0.25) is 0 Å². The molecule has 0 aromatic carbocycles. The molecule has 1 aromatic rings. The van der Waals surface area contributed by atoms with Crippen molar-refractivity contribution in [2.45, 2.75) is 26.4 Å². The predicted molar refractivity (Wildman–Crippen MR) is 55.0 cm³/mol. The maximum atomic E-state index is 11.1. The van der Waals surface area contributed by atoms with Crippen molar-refractivity contribution in [3.8, 4) is 0 Å². The van der Waals surface area contributed by atoms with Crippen molar-refractivity contribution in [3.05, 3.63) is 40.0 Å². The number of aliphatic hydroxyl groups excluding tert-OH is 1. The molecule has 1 N–H and O–H groups in total. The lowest BCUT2D eigenvalue weighted by molar-refractivity contribution is 0.198. The Morgan fingerprint density at radius 3 is 2.86 bits per heavy atom. The second-order valence-electron chi connectivity index (χ2n) is 3.30. The van der Waals surface area contributed by atoms with Crippen molar-refractivity contribution in [2.24, 2.45) is 0 Å². The number of aliphatic hydroxyl groups is 1. The van der Waals surface area contributed by atoms with Gasteiger partial charge in [-0.2, -0.15) is 0 Å². The van der Waals surface area contributed by atoms with Gasteiger partial charge in [0.1, 0.15) is 5.76 Å². The van der Waals surface area contributed by atoms with Crippen LogP contribution < -0.4 is 5.63 Å². The van der Waals surface area contributed by atoms with E-state index in [1.165, 1.54) is 0 Å². The first-order chi connectivity index (χ1) is 6.59. The molecule has 0 aliphatic rings. The van der Waals surface area contributed by atoms with E-state index >= 15 is 0 Å². The van der Waals surface area contributed by atoms with Crippen LogP contribution in [0.5, 0.6) is 0 Å². The lowest BCUT2D eigenvalue weighted by Crippen LogP contribution is -2.02. The first kappa shape index (κ1) is 10.7. The Hall–Kier alpha value is -1.35. The smallest absolute Gasteiger partial charge is 0.339 e. The Labute approximate surface area is 82.7 Å². The van der Waals surface area contributed by atoms with Crippen LogP contribution in [0, 0.1) is 6.92 Å². The molecule has 1 atom stereocenters. The summed E-state index contributed by atoms with van der Waals surface area (Å²) in [4.78, 5) is 11.1.